The predicted octanol–water partition coefficient (Wildman–Crippen LogP) is 5.15. The molecule has 3 aromatic carbocycles. The molecule has 0 fully saturated rings. The van der Waals surface area contributed by atoms with Crippen LogP contribution in [0.15, 0.2) is 96.9 Å². The number of anilines is 1. The minimum atomic E-state index is -4.12. The van der Waals surface area contributed by atoms with Gasteiger partial charge in [0.1, 0.15) is 11.7 Å². The van der Waals surface area contributed by atoms with Crippen LogP contribution in [0.5, 0.6) is 0 Å². The van der Waals surface area contributed by atoms with Gasteiger partial charge in [-0.1, -0.05) is 60.7 Å². The maximum absolute atomic E-state index is 13.3. The standard InChI is InChI=1S/C28H27FN2O4S/c1-3-8-26(27(32)30-36(34,35)20-19-21-9-6-5-7-10-21)28(33)31(4-2)25-17-13-23(14-18-25)22-11-15-24(29)16-12-22/h3,5-7,9-20,26H,1,4,8H2,2H3,(H,30,32)/b20-19+. The summed E-state index contributed by atoms with van der Waals surface area (Å²) in [5.74, 6) is -3.09. The predicted molar refractivity (Wildman–Crippen MR) is 141 cm³/mol. The molecule has 0 radical (unpaired) electrons. The molecule has 3 rings (SSSR count). The SMILES string of the molecule is C=CCC(C(=O)NS(=O)(=O)/C=C/c1ccccc1)C(=O)N(CC)c1ccc(-c2ccc(F)cc2)cc1. The highest BCUT2D eigenvalue weighted by Crippen LogP contribution is 2.25. The molecular weight excluding hydrogens is 479 g/mol. The lowest BCUT2D eigenvalue weighted by Gasteiger charge is -2.25. The van der Waals surface area contributed by atoms with Crippen molar-refractivity contribution in [2.24, 2.45) is 5.92 Å². The van der Waals surface area contributed by atoms with Crippen LogP contribution in [0.1, 0.15) is 18.9 Å². The van der Waals surface area contributed by atoms with Crippen molar-refractivity contribution >= 4 is 33.6 Å². The van der Waals surface area contributed by atoms with E-state index >= 15 is 0 Å². The van der Waals surface area contributed by atoms with Crippen molar-refractivity contribution in [2.45, 2.75) is 13.3 Å². The van der Waals surface area contributed by atoms with E-state index < -0.39 is 27.8 Å². The number of carbonyl (C=O) groups excluding carboxylic acids is 2. The van der Waals surface area contributed by atoms with E-state index in [0.29, 0.717) is 11.3 Å². The Kier molecular flexibility index (Phi) is 8.91. The summed E-state index contributed by atoms with van der Waals surface area (Å²) in [4.78, 5) is 27.6. The quantitative estimate of drug-likeness (QED) is 0.304. The molecule has 0 saturated heterocycles. The van der Waals surface area contributed by atoms with Gasteiger partial charge in [0, 0.05) is 12.2 Å². The summed E-state index contributed by atoms with van der Waals surface area (Å²) in [5.41, 5.74) is 2.84. The van der Waals surface area contributed by atoms with Crippen LogP contribution in [0.25, 0.3) is 17.2 Å². The summed E-state index contributed by atoms with van der Waals surface area (Å²) in [6.45, 7) is 5.62. The lowest BCUT2D eigenvalue weighted by molar-refractivity contribution is -0.132. The molecule has 0 heterocycles. The summed E-state index contributed by atoms with van der Waals surface area (Å²) in [6.07, 6.45) is 2.73. The molecule has 0 saturated carbocycles. The van der Waals surface area contributed by atoms with Crippen LogP contribution in [-0.2, 0) is 19.6 Å². The molecule has 2 amide bonds. The van der Waals surface area contributed by atoms with Crippen LogP contribution in [0.3, 0.4) is 0 Å². The van der Waals surface area contributed by atoms with Crippen molar-refractivity contribution in [3.63, 3.8) is 0 Å². The third-order valence-electron chi connectivity index (χ3n) is 5.44. The van der Waals surface area contributed by atoms with Crippen LogP contribution in [0, 0.1) is 11.7 Å². The van der Waals surface area contributed by atoms with Gasteiger partial charge in [-0.3, -0.25) is 9.59 Å². The lowest BCUT2D eigenvalue weighted by Crippen LogP contribution is -2.45. The zero-order valence-corrected chi connectivity index (χ0v) is 20.6. The molecule has 36 heavy (non-hydrogen) atoms. The van der Waals surface area contributed by atoms with E-state index in [2.05, 4.69) is 6.58 Å². The minimum Gasteiger partial charge on any atom is -0.312 e. The van der Waals surface area contributed by atoms with E-state index in [-0.39, 0.29) is 18.8 Å². The molecule has 0 aliphatic rings. The van der Waals surface area contributed by atoms with Crippen LogP contribution in [0.4, 0.5) is 10.1 Å². The minimum absolute atomic E-state index is 0.0350. The van der Waals surface area contributed by atoms with Crippen molar-refractivity contribution < 1.29 is 22.4 Å². The zero-order valence-electron chi connectivity index (χ0n) is 19.8. The second-order valence-corrected chi connectivity index (χ2v) is 9.50. The van der Waals surface area contributed by atoms with E-state index in [1.165, 1.54) is 29.2 Å². The Morgan fingerprint density at radius 3 is 2.11 bits per heavy atom. The molecule has 0 aliphatic heterocycles. The fraction of sp³-hybridized carbons (Fsp3) is 0.143. The van der Waals surface area contributed by atoms with Crippen molar-refractivity contribution in [1.82, 2.24) is 4.72 Å². The number of sulfonamides is 1. The van der Waals surface area contributed by atoms with Crippen molar-refractivity contribution in [1.29, 1.82) is 0 Å². The highest BCUT2D eigenvalue weighted by Gasteiger charge is 2.31. The number of amides is 2. The average molecular weight is 507 g/mol. The number of hydrogen-bond donors (Lipinski definition) is 1. The summed E-state index contributed by atoms with van der Waals surface area (Å²) >= 11 is 0. The summed E-state index contributed by atoms with van der Waals surface area (Å²) in [5, 5.41) is 0.890. The third-order valence-corrected chi connectivity index (χ3v) is 6.42. The largest absolute Gasteiger partial charge is 0.312 e. The van der Waals surface area contributed by atoms with Gasteiger partial charge in [-0.15, -0.1) is 6.58 Å². The van der Waals surface area contributed by atoms with Gasteiger partial charge in [0.05, 0.1) is 5.41 Å². The van der Waals surface area contributed by atoms with Crippen LogP contribution in [0.2, 0.25) is 0 Å². The fourth-order valence-corrected chi connectivity index (χ4v) is 4.42. The Morgan fingerprint density at radius 1 is 0.972 bits per heavy atom. The van der Waals surface area contributed by atoms with Crippen molar-refractivity contribution in [3.8, 4) is 11.1 Å². The maximum Gasteiger partial charge on any atom is 0.257 e. The summed E-state index contributed by atoms with van der Waals surface area (Å²) < 4.78 is 40.1. The maximum atomic E-state index is 13.3. The number of allylic oxidation sites excluding steroid dienone is 1. The smallest absolute Gasteiger partial charge is 0.257 e. The number of benzene rings is 3. The highest BCUT2D eigenvalue weighted by atomic mass is 32.2. The van der Waals surface area contributed by atoms with Crippen molar-refractivity contribution in [3.05, 3.63) is 108 Å². The molecule has 1 N–H and O–H groups in total. The molecular formula is C28H27FN2O4S. The molecule has 0 aromatic heterocycles. The van der Waals surface area contributed by atoms with Gasteiger partial charge in [-0.2, -0.15) is 0 Å². The van der Waals surface area contributed by atoms with E-state index in [9.17, 15) is 22.4 Å². The first-order valence-corrected chi connectivity index (χ1v) is 12.9. The number of nitrogens with one attached hydrogen (secondary N) is 1. The number of carbonyl (C=O) groups is 2. The second kappa shape index (κ2) is 12.1. The molecule has 1 atom stereocenters. The van der Waals surface area contributed by atoms with Gasteiger partial charge in [-0.25, -0.2) is 17.5 Å². The first-order chi connectivity index (χ1) is 17.2. The summed E-state index contributed by atoms with van der Waals surface area (Å²) in [6, 6.07) is 21.8. The Morgan fingerprint density at radius 2 is 1.56 bits per heavy atom. The van der Waals surface area contributed by atoms with Gasteiger partial charge < -0.3 is 4.90 Å². The molecule has 0 bridgehead atoms. The highest BCUT2D eigenvalue weighted by molar-refractivity contribution is 7.93. The molecule has 0 spiro atoms. The fourth-order valence-electron chi connectivity index (χ4n) is 3.59. The normalized spacial score (nSPS) is 12.2. The Balaban J connectivity index is 1.77. The number of hydrogen-bond acceptors (Lipinski definition) is 4. The van der Waals surface area contributed by atoms with Gasteiger partial charge in [-0.05, 0) is 60.4 Å². The van der Waals surface area contributed by atoms with E-state index in [0.717, 1.165) is 16.5 Å². The third kappa shape index (κ3) is 6.99. The van der Waals surface area contributed by atoms with Crippen LogP contribution < -0.4 is 9.62 Å². The first kappa shape index (κ1) is 26.6. The van der Waals surface area contributed by atoms with Crippen LogP contribution >= 0.6 is 0 Å². The molecule has 1 unspecified atom stereocenters. The number of rotatable bonds is 10. The van der Waals surface area contributed by atoms with Crippen molar-refractivity contribution in [2.75, 3.05) is 11.4 Å². The van der Waals surface area contributed by atoms with Gasteiger partial charge in [0.2, 0.25) is 11.8 Å². The topological polar surface area (TPSA) is 83.5 Å². The Labute approximate surface area is 210 Å². The average Bonchev–Trinajstić information content (AvgIpc) is 2.87. The van der Waals surface area contributed by atoms with E-state index in [1.807, 2.05) is 4.72 Å². The summed E-state index contributed by atoms with van der Waals surface area (Å²) in [7, 11) is -4.12. The zero-order chi connectivity index (χ0) is 26.1. The molecule has 186 valence electrons. The number of nitrogens with zero attached hydrogens (tertiary/aromatic N) is 1. The number of halogens is 1. The van der Waals surface area contributed by atoms with Crippen LogP contribution in [-0.4, -0.2) is 26.8 Å². The molecule has 6 nitrogen and oxygen atoms in total. The monoisotopic (exact) mass is 506 g/mol. The second-order valence-electron chi connectivity index (χ2n) is 7.94. The van der Waals surface area contributed by atoms with E-state index in [4.69, 9.17) is 0 Å². The van der Waals surface area contributed by atoms with Gasteiger partial charge in [0.15, 0.2) is 0 Å². The lowest BCUT2D eigenvalue weighted by atomic mass is 10.0. The Bertz CT molecular complexity index is 1340. The Hall–Kier alpha value is -4.04. The van der Waals surface area contributed by atoms with E-state index in [1.54, 1.807) is 73.7 Å². The van der Waals surface area contributed by atoms with Gasteiger partial charge in [0.25, 0.3) is 10.0 Å². The molecule has 8 heteroatoms. The van der Waals surface area contributed by atoms with Gasteiger partial charge >= 0.3 is 0 Å². The molecule has 0 aliphatic carbocycles. The molecule has 3 aromatic rings. The first-order valence-electron chi connectivity index (χ1n) is 11.3.